The van der Waals surface area contributed by atoms with Crippen LogP contribution in [0.2, 0.25) is 0 Å². The van der Waals surface area contributed by atoms with Crippen LogP contribution < -0.4 is 5.73 Å². The quantitative estimate of drug-likeness (QED) is 0.565. The molecule has 3 nitrogen and oxygen atoms in total. The van der Waals surface area contributed by atoms with E-state index in [1.165, 1.54) is 0 Å². The number of carbonyl (C=O) groups is 1. The lowest BCUT2D eigenvalue weighted by Gasteiger charge is -1.71. The van der Waals surface area contributed by atoms with Gasteiger partial charge in [-0.15, -0.1) is 0 Å². The summed E-state index contributed by atoms with van der Waals surface area (Å²) in [5.74, 6) is -0.745. The van der Waals surface area contributed by atoms with Crippen LogP contribution in [0.15, 0.2) is 0 Å². The second kappa shape index (κ2) is 15.7. The molecule has 0 spiro atoms. The standard InChI is InChI=1S/C3H6O2.C2H7N.CH4/c1-2-3(4)5;1-2-3;/h2H2,1H3,(H,4,5);2-3H2,1H3;1H4. The van der Waals surface area contributed by atoms with E-state index in [0.29, 0.717) is 0 Å². The summed E-state index contributed by atoms with van der Waals surface area (Å²) in [6.45, 7) is 4.25. The highest BCUT2D eigenvalue weighted by Crippen LogP contribution is 1.67. The van der Waals surface area contributed by atoms with Crippen LogP contribution in [-0.2, 0) is 4.79 Å². The lowest BCUT2D eigenvalue weighted by atomic mass is 10.5. The smallest absolute Gasteiger partial charge is 0.303 e. The molecular formula is C6H17NO2. The summed E-state index contributed by atoms with van der Waals surface area (Å²) < 4.78 is 0. The summed E-state index contributed by atoms with van der Waals surface area (Å²) in [5, 5.41) is 7.72. The zero-order chi connectivity index (χ0) is 6.99. The minimum atomic E-state index is -0.745. The number of aliphatic carboxylic acids is 1. The van der Waals surface area contributed by atoms with E-state index in [4.69, 9.17) is 10.8 Å². The highest BCUT2D eigenvalue weighted by molar-refractivity contribution is 5.66. The van der Waals surface area contributed by atoms with Gasteiger partial charge in [-0.3, -0.25) is 4.79 Å². The number of carboxylic acids is 1. The molecule has 0 aliphatic heterocycles. The van der Waals surface area contributed by atoms with Crippen LogP contribution in [0.3, 0.4) is 0 Å². The molecule has 0 saturated carbocycles. The molecule has 0 bridgehead atoms. The fraction of sp³-hybridized carbons (Fsp3) is 0.833. The summed E-state index contributed by atoms with van der Waals surface area (Å²) in [7, 11) is 0. The monoisotopic (exact) mass is 135 g/mol. The molecule has 0 aromatic carbocycles. The third-order valence-electron chi connectivity index (χ3n) is 0.302. The molecule has 0 aromatic rings. The number of carboxylic acid groups (broad SMARTS) is 1. The second-order valence-corrected chi connectivity index (χ2v) is 1.16. The van der Waals surface area contributed by atoms with Crippen LogP contribution in [0.4, 0.5) is 0 Å². The van der Waals surface area contributed by atoms with Gasteiger partial charge in [0, 0.05) is 6.42 Å². The molecule has 0 aromatic heterocycles. The predicted octanol–water partition coefficient (Wildman–Crippen LogP) is 1.08. The van der Waals surface area contributed by atoms with Gasteiger partial charge in [0.2, 0.25) is 0 Å². The molecule has 0 unspecified atom stereocenters. The summed E-state index contributed by atoms with van der Waals surface area (Å²) in [5.41, 5.74) is 4.85. The van der Waals surface area contributed by atoms with Crippen molar-refractivity contribution < 1.29 is 9.90 Å². The van der Waals surface area contributed by atoms with Crippen molar-refractivity contribution in [1.29, 1.82) is 0 Å². The molecule has 3 N–H and O–H groups in total. The molecule has 0 atom stereocenters. The van der Waals surface area contributed by atoms with E-state index in [-0.39, 0.29) is 13.8 Å². The fourth-order valence-corrected chi connectivity index (χ4v) is 0. The van der Waals surface area contributed by atoms with Crippen molar-refractivity contribution in [3.63, 3.8) is 0 Å². The average molecular weight is 135 g/mol. The first kappa shape index (κ1) is 15.8. The molecule has 0 rings (SSSR count). The van der Waals surface area contributed by atoms with Gasteiger partial charge in [-0.2, -0.15) is 0 Å². The Kier molecular flexibility index (Phi) is 27.5. The Morgan fingerprint density at radius 3 is 1.67 bits per heavy atom. The van der Waals surface area contributed by atoms with Crippen LogP contribution in [-0.4, -0.2) is 17.6 Å². The Hall–Kier alpha value is -0.570. The van der Waals surface area contributed by atoms with Gasteiger partial charge in [-0.05, 0) is 6.54 Å². The van der Waals surface area contributed by atoms with Gasteiger partial charge < -0.3 is 10.8 Å². The molecule has 9 heavy (non-hydrogen) atoms. The van der Waals surface area contributed by atoms with Crippen molar-refractivity contribution in [2.75, 3.05) is 6.54 Å². The zero-order valence-electron chi connectivity index (χ0n) is 5.35. The van der Waals surface area contributed by atoms with Crippen LogP contribution in [0.25, 0.3) is 0 Å². The first-order valence-electron chi connectivity index (χ1n) is 2.60. The first-order valence-corrected chi connectivity index (χ1v) is 2.60. The molecule has 0 amide bonds. The molecule has 0 heterocycles. The van der Waals surface area contributed by atoms with E-state index >= 15 is 0 Å². The normalized spacial score (nSPS) is 6.11. The third-order valence-corrected chi connectivity index (χ3v) is 0.302. The van der Waals surface area contributed by atoms with Crippen LogP contribution >= 0.6 is 0 Å². The molecule has 0 fully saturated rings. The van der Waals surface area contributed by atoms with E-state index < -0.39 is 5.97 Å². The number of hydrogen-bond acceptors (Lipinski definition) is 2. The van der Waals surface area contributed by atoms with Crippen molar-refractivity contribution >= 4 is 5.97 Å². The van der Waals surface area contributed by atoms with Gasteiger partial charge in [0.05, 0.1) is 0 Å². The number of hydrogen-bond donors (Lipinski definition) is 2. The maximum atomic E-state index is 9.37. The largest absolute Gasteiger partial charge is 0.481 e. The molecule has 3 heteroatoms. The Balaban J connectivity index is -0.0000000800. The van der Waals surface area contributed by atoms with Gasteiger partial charge in [0.1, 0.15) is 0 Å². The van der Waals surface area contributed by atoms with E-state index in [0.717, 1.165) is 6.54 Å². The predicted molar refractivity (Wildman–Crippen MR) is 39.4 cm³/mol. The van der Waals surface area contributed by atoms with Gasteiger partial charge >= 0.3 is 5.97 Å². The molecule has 0 aliphatic rings. The molecule has 0 aliphatic carbocycles. The van der Waals surface area contributed by atoms with Gasteiger partial charge in [-0.1, -0.05) is 21.3 Å². The van der Waals surface area contributed by atoms with Gasteiger partial charge in [0.25, 0.3) is 0 Å². The Morgan fingerprint density at radius 1 is 1.56 bits per heavy atom. The number of rotatable bonds is 1. The van der Waals surface area contributed by atoms with Crippen molar-refractivity contribution in [3.05, 3.63) is 0 Å². The third kappa shape index (κ3) is 107. The summed E-state index contributed by atoms with van der Waals surface area (Å²) >= 11 is 0. The zero-order valence-corrected chi connectivity index (χ0v) is 5.35. The maximum absolute atomic E-state index is 9.37. The minimum Gasteiger partial charge on any atom is -0.481 e. The fourth-order valence-electron chi connectivity index (χ4n) is 0. The van der Waals surface area contributed by atoms with Crippen molar-refractivity contribution in [2.24, 2.45) is 5.73 Å². The summed E-state index contributed by atoms with van der Waals surface area (Å²) in [6, 6.07) is 0. The molecule has 0 radical (unpaired) electrons. The van der Waals surface area contributed by atoms with Gasteiger partial charge in [0.15, 0.2) is 0 Å². The van der Waals surface area contributed by atoms with Crippen molar-refractivity contribution in [2.45, 2.75) is 27.7 Å². The van der Waals surface area contributed by atoms with E-state index in [2.05, 4.69) is 0 Å². The lowest BCUT2D eigenvalue weighted by molar-refractivity contribution is -0.136. The Morgan fingerprint density at radius 2 is 1.67 bits per heavy atom. The SMILES string of the molecule is C.CCC(=O)O.CCN. The first-order chi connectivity index (χ1) is 3.68. The van der Waals surface area contributed by atoms with Crippen molar-refractivity contribution in [1.82, 2.24) is 0 Å². The molecular weight excluding hydrogens is 118 g/mol. The molecule has 0 saturated heterocycles. The second-order valence-electron chi connectivity index (χ2n) is 1.16. The minimum absolute atomic E-state index is 0. The van der Waals surface area contributed by atoms with Gasteiger partial charge in [-0.25, -0.2) is 0 Å². The van der Waals surface area contributed by atoms with Crippen LogP contribution in [0.1, 0.15) is 27.7 Å². The topological polar surface area (TPSA) is 63.3 Å². The summed E-state index contributed by atoms with van der Waals surface area (Å²) in [4.78, 5) is 9.37. The Labute approximate surface area is 56.9 Å². The van der Waals surface area contributed by atoms with E-state index in [9.17, 15) is 4.79 Å². The highest BCUT2D eigenvalue weighted by Gasteiger charge is 1.80. The van der Waals surface area contributed by atoms with Crippen LogP contribution in [0, 0.1) is 0 Å². The average Bonchev–Trinajstić information content (AvgIpc) is 1.69. The Bertz CT molecular complexity index is 55.0. The lowest BCUT2D eigenvalue weighted by Crippen LogP contribution is -1.87. The van der Waals surface area contributed by atoms with E-state index in [1.54, 1.807) is 6.92 Å². The number of nitrogens with two attached hydrogens (primary N) is 1. The van der Waals surface area contributed by atoms with E-state index in [1.807, 2.05) is 6.92 Å². The highest BCUT2D eigenvalue weighted by atomic mass is 16.4. The van der Waals surface area contributed by atoms with Crippen LogP contribution in [0.5, 0.6) is 0 Å². The summed E-state index contributed by atoms with van der Waals surface area (Å²) in [6.07, 6.45) is 0.222. The van der Waals surface area contributed by atoms with Crippen molar-refractivity contribution in [3.8, 4) is 0 Å². The molecule has 58 valence electrons. The maximum Gasteiger partial charge on any atom is 0.303 e.